The van der Waals surface area contributed by atoms with Gasteiger partial charge in [0.1, 0.15) is 0 Å². The average Bonchev–Trinajstić information content (AvgIpc) is 2.70. The molecule has 2 aromatic rings. The highest BCUT2D eigenvalue weighted by atomic mass is 16.5. The van der Waals surface area contributed by atoms with Gasteiger partial charge in [-0.05, 0) is 68.7 Å². The molecule has 3 N–H and O–H groups in total. The van der Waals surface area contributed by atoms with E-state index in [1.54, 1.807) is 12.1 Å². The molecule has 30 heavy (non-hydrogen) atoms. The summed E-state index contributed by atoms with van der Waals surface area (Å²) >= 11 is 0. The molecule has 0 saturated heterocycles. The molecule has 0 bridgehead atoms. The first-order chi connectivity index (χ1) is 14.3. The number of carbonyl (C=O) groups is 2. The first kappa shape index (κ1) is 23.2. The molecule has 2 rings (SSSR count). The quantitative estimate of drug-likeness (QED) is 0.540. The van der Waals surface area contributed by atoms with Crippen molar-refractivity contribution in [3.63, 3.8) is 0 Å². The Morgan fingerprint density at radius 3 is 2.27 bits per heavy atom. The summed E-state index contributed by atoms with van der Waals surface area (Å²) in [7, 11) is 3.75. The van der Waals surface area contributed by atoms with Crippen LogP contribution in [0.5, 0.6) is 0 Å². The highest BCUT2D eigenvalue weighted by Gasteiger charge is 2.15. The van der Waals surface area contributed by atoms with Gasteiger partial charge in [-0.25, -0.2) is 4.79 Å². The van der Waals surface area contributed by atoms with Crippen LogP contribution in [0.4, 0.5) is 21.9 Å². The van der Waals surface area contributed by atoms with Crippen LogP contribution in [0, 0.1) is 13.8 Å². The van der Waals surface area contributed by atoms with Crippen LogP contribution in [-0.4, -0.2) is 45.8 Å². The van der Waals surface area contributed by atoms with Gasteiger partial charge >= 0.3 is 6.03 Å². The SMILES string of the molecule is CCOCCCNC(=O)c1cc(NC(=O)Nc2ccc(C)c(C)c2)ccc1N(C)C. The topological polar surface area (TPSA) is 82.7 Å². The third-order valence-electron chi connectivity index (χ3n) is 4.70. The van der Waals surface area contributed by atoms with Crippen LogP contribution >= 0.6 is 0 Å². The Morgan fingerprint density at radius 1 is 0.967 bits per heavy atom. The Kier molecular flexibility index (Phi) is 8.68. The lowest BCUT2D eigenvalue weighted by Crippen LogP contribution is -2.28. The Bertz CT molecular complexity index is 881. The minimum Gasteiger partial charge on any atom is -0.382 e. The molecule has 2 aromatic carbocycles. The van der Waals surface area contributed by atoms with Crippen LogP contribution in [0.2, 0.25) is 0 Å². The fraction of sp³-hybridized carbons (Fsp3) is 0.391. The molecular weight excluding hydrogens is 380 g/mol. The number of hydrogen-bond donors (Lipinski definition) is 3. The zero-order valence-corrected chi connectivity index (χ0v) is 18.5. The molecule has 0 aromatic heterocycles. The number of hydrogen-bond acceptors (Lipinski definition) is 4. The molecule has 0 aliphatic heterocycles. The third-order valence-corrected chi connectivity index (χ3v) is 4.70. The Labute approximate surface area is 178 Å². The lowest BCUT2D eigenvalue weighted by Gasteiger charge is -2.19. The second kappa shape index (κ2) is 11.2. The van der Waals surface area contributed by atoms with E-state index in [0.29, 0.717) is 36.7 Å². The molecule has 0 aliphatic rings. The van der Waals surface area contributed by atoms with E-state index in [9.17, 15) is 9.59 Å². The van der Waals surface area contributed by atoms with Crippen molar-refractivity contribution >= 4 is 29.0 Å². The summed E-state index contributed by atoms with van der Waals surface area (Å²) in [6.45, 7) is 7.76. The normalized spacial score (nSPS) is 10.4. The van der Waals surface area contributed by atoms with Crippen LogP contribution in [-0.2, 0) is 4.74 Å². The molecule has 162 valence electrons. The number of benzene rings is 2. The molecule has 0 fully saturated rings. The molecule has 7 nitrogen and oxygen atoms in total. The van der Waals surface area contributed by atoms with Gasteiger partial charge in [0.25, 0.3) is 5.91 Å². The fourth-order valence-corrected chi connectivity index (χ4v) is 2.91. The van der Waals surface area contributed by atoms with Crippen molar-refractivity contribution in [2.24, 2.45) is 0 Å². The van der Waals surface area contributed by atoms with Gasteiger partial charge in [-0.2, -0.15) is 0 Å². The molecule has 0 aliphatic carbocycles. The molecule has 0 spiro atoms. The summed E-state index contributed by atoms with van der Waals surface area (Å²) in [5.74, 6) is -0.187. The van der Waals surface area contributed by atoms with E-state index in [1.807, 2.05) is 64.0 Å². The summed E-state index contributed by atoms with van der Waals surface area (Å²) in [4.78, 5) is 27.0. The average molecular weight is 413 g/mol. The number of carbonyl (C=O) groups excluding carboxylic acids is 2. The maximum atomic E-state index is 12.7. The first-order valence-corrected chi connectivity index (χ1v) is 10.1. The predicted molar refractivity (Wildman–Crippen MR) is 123 cm³/mol. The predicted octanol–water partition coefficient (Wildman–Crippen LogP) is 4.17. The lowest BCUT2D eigenvalue weighted by atomic mass is 10.1. The molecule has 0 radical (unpaired) electrons. The lowest BCUT2D eigenvalue weighted by molar-refractivity contribution is 0.0944. The van der Waals surface area contributed by atoms with Crippen LogP contribution in [0.1, 0.15) is 34.8 Å². The Balaban J connectivity index is 2.07. The number of nitrogens with zero attached hydrogens (tertiary/aromatic N) is 1. The van der Waals surface area contributed by atoms with Gasteiger partial charge in [-0.3, -0.25) is 4.79 Å². The van der Waals surface area contributed by atoms with Crippen molar-refractivity contribution in [1.29, 1.82) is 0 Å². The summed E-state index contributed by atoms with van der Waals surface area (Å²) in [6, 6.07) is 10.7. The van der Waals surface area contributed by atoms with Crippen molar-refractivity contribution in [3.05, 3.63) is 53.1 Å². The highest BCUT2D eigenvalue weighted by molar-refractivity contribution is 6.04. The molecule has 0 saturated carbocycles. The third kappa shape index (κ3) is 6.77. The van der Waals surface area contributed by atoms with E-state index in [0.717, 1.165) is 23.2 Å². The molecule has 0 heterocycles. The van der Waals surface area contributed by atoms with E-state index in [2.05, 4.69) is 16.0 Å². The second-order valence-electron chi connectivity index (χ2n) is 7.31. The fourth-order valence-electron chi connectivity index (χ4n) is 2.91. The maximum Gasteiger partial charge on any atom is 0.323 e. The minimum atomic E-state index is -0.362. The Morgan fingerprint density at radius 2 is 1.63 bits per heavy atom. The molecular formula is C23H32N4O3. The summed E-state index contributed by atoms with van der Waals surface area (Å²) < 4.78 is 5.29. The minimum absolute atomic E-state index is 0.187. The van der Waals surface area contributed by atoms with E-state index < -0.39 is 0 Å². The summed E-state index contributed by atoms with van der Waals surface area (Å²) in [5, 5.41) is 8.54. The van der Waals surface area contributed by atoms with E-state index in [4.69, 9.17) is 4.74 Å². The summed E-state index contributed by atoms with van der Waals surface area (Å²) in [5.41, 5.74) is 4.80. The number of nitrogens with one attached hydrogen (secondary N) is 3. The van der Waals surface area contributed by atoms with Crippen molar-refractivity contribution in [2.45, 2.75) is 27.2 Å². The van der Waals surface area contributed by atoms with Gasteiger partial charge < -0.3 is 25.6 Å². The number of aryl methyl sites for hydroxylation is 2. The highest BCUT2D eigenvalue weighted by Crippen LogP contribution is 2.23. The van der Waals surface area contributed by atoms with Crippen LogP contribution in [0.25, 0.3) is 0 Å². The van der Waals surface area contributed by atoms with Crippen molar-refractivity contribution in [3.8, 4) is 0 Å². The zero-order valence-electron chi connectivity index (χ0n) is 18.5. The number of ether oxygens (including phenoxy) is 1. The maximum absolute atomic E-state index is 12.7. The van der Waals surface area contributed by atoms with Crippen molar-refractivity contribution < 1.29 is 14.3 Å². The Hall–Kier alpha value is -3.06. The number of urea groups is 1. The standard InChI is InChI=1S/C23H32N4O3/c1-6-30-13-7-12-24-22(28)20-15-19(10-11-21(20)27(4)5)26-23(29)25-18-9-8-16(2)17(3)14-18/h8-11,14-15H,6-7,12-13H2,1-5H3,(H,24,28)(H2,25,26,29). The van der Waals surface area contributed by atoms with E-state index >= 15 is 0 Å². The number of rotatable bonds is 9. The van der Waals surface area contributed by atoms with Crippen LogP contribution in [0.3, 0.4) is 0 Å². The molecule has 0 unspecified atom stereocenters. The van der Waals surface area contributed by atoms with E-state index in [-0.39, 0.29) is 11.9 Å². The zero-order chi connectivity index (χ0) is 22.1. The second-order valence-corrected chi connectivity index (χ2v) is 7.31. The van der Waals surface area contributed by atoms with Gasteiger partial charge in [-0.15, -0.1) is 0 Å². The van der Waals surface area contributed by atoms with Gasteiger partial charge in [0.05, 0.1) is 5.56 Å². The van der Waals surface area contributed by atoms with Gasteiger partial charge in [0, 0.05) is 50.9 Å². The summed E-state index contributed by atoms with van der Waals surface area (Å²) in [6.07, 6.45) is 0.743. The van der Waals surface area contributed by atoms with Gasteiger partial charge in [0.2, 0.25) is 0 Å². The number of amides is 3. The van der Waals surface area contributed by atoms with E-state index in [1.165, 1.54) is 0 Å². The monoisotopic (exact) mass is 412 g/mol. The molecule has 0 atom stereocenters. The van der Waals surface area contributed by atoms with Crippen LogP contribution < -0.4 is 20.9 Å². The largest absolute Gasteiger partial charge is 0.382 e. The van der Waals surface area contributed by atoms with Crippen molar-refractivity contribution in [1.82, 2.24) is 5.32 Å². The molecule has 3 amide bonds. The van der Waals surface area contributed by atoms with Crippen molar-refractivity contribution in [2.75, 3.05) is 49.4 Å². The number of anilines is 3. The first-order valence-electron chi connectivity index (χ1n) is 10.1. The van der Waals surface area contributed by atoms with Crippen LogP contribution in [0.15, 0.2) is 36.4 Å². The van der Waals surface area contributed by atoms with Gasteiger partial charge in [0.15, 0.2) is 0 Å². The smallest absolute Gasteiger partial charge is 0.323 e. The van der Waals surface area contributed by atoms with Gasteiger partial charge in [-0.1, -0.05) is 6.07 Å². The molecule has 7 heteroatoms.